The minimum Gasteiger partial charge on any atom is -0.491 e. The highest BCUT2D eigenvalue weighted by atomic mass is 32.1. The third-order valence-electron chi connectivity index (χ3n) is 4.79. The van der Waals surface area contributed by atoms with Gasteiger partial charge in [0.2, 0.25) is 10.7 Å². The molecule has 0 bridgehead atoms. The lowest BCUT2D eigenvalue weighted by Gasteiger charge is -2.15. The molecule has 0 saturated carbocycles. The number of hydrogen-bond donors (Lipinski definition) is 2. The molecule has 3 aromatic rings. The van der Waals surface area contributed by atoms with Crippen LogP contribution in [0.15, 0.2) is 23.3 Å². The number of nitrogens with one attached hydrogen (secondary N) is 1. The molecule has 1 amide bonds. The Morgan fingerprint density at radius 2 is 2.25 bits per heavy atom. The SMILES string of the molecule is COc1c(OCCCN(C)C)ccc2c3n(c(=NC(=O)Oc4cnc(N)s4)nc12)CCN3. The van der Waals surface area contributed by atoms with Crippen LogP contribution in [-0.4, -0.2) is 66.4 Å². The zero-order chi connectivity index (χ0) is 22.7. The first-order valence-corrected chi connectivity index (χ1v) is 10.9. The van der Waals surface area contributed by atoms with E-state index in [0.29, 0.717) is 41.8 Å². The quantitative estimate of drug-likeness (QED) is 0.509. The van der Waals surface area contributed by atoms with E-state index in [0.717, 1.165) is 35.5 Å². The van der Waals surface area contributed by atoms with Gasteiger partial charge in [0.1, 0.15) is 11.3 Å². The lowest BCUT2D eigenvalue weighted by atomic mass is 10.2. The van der Waals surface area contributed by atoms with Crippen LogP contribution in [0.25, 0.3) is 10.9 Å². The Morgan fingerprint density at radius 1 is 1.41 bits per heavy atom. The Kier molecular flexibility index (Phi) is 6.42. The Labute approximate surface area is 188 Å². The zero-order valence-corrected chi connectivity index (χ0v) is 18.9. The van der Waals surface area contributed by atoms with Gasteiger partial charge in [0.15, 0.2) is 16.6 Å². The van der Waals surface area contributed by atoms with Crippen LogP contribution in [0.1, 0.15) is 6.42 Å². The van der Waals surface area contributed by atoms with Crippen LogP contribution in [0, 0.1) is 0 Å². The van der Waals surface area contributed by atoms with Crippen LogP contribution in [0.2, 0.25) is 0 Å². The lowest BCUT2D eigenvalue weighted by Crippen LogP contribution is -2.25. The summed E-state index contributed by atoms with van der Waals surface area (Å²) in [6.45, 7) is 2.76. The van der Waals surface area contributed by atoms with E-state index in [1.54, 1.807) is 7.11 Å². The molecule has 0 radical (unpaired) electrons. The van der Waals surface area contributed by atoms with Gasteiger partial charge in [-0.1, -0.05) is 11.3 Å². The normalized spacial score (nSPS) is 13.3. The highest BCUT2D eigenvalue weighted by molar-refractivity contribution is 7.17. The van der Waals surface area contributed by atoms with E-state index in [4.69, 9.17) is 19.9 Å². The first-order chi connectivity index (χ1) is 15.5. The van der Waals surface area contributed by atoms with Crippen LogP contribution in [0.5, 0.6) is 16.6 Å². The fourth-order valence-electron chi connectivity index (χ4n) is 3.42. The van der Waals surface area contributed by atoms with Gasteiger partial charge in [-0.25, -0.2) is 14.8 Å². The molecule has 0 fully saturated rings. The van der Waals surface area contributed by atoms with Crippen molar-refractivity contribution in [3.63, 3.8) is 0 Å². The van der Waals surface area contributed by atoms with E-state index in [-0.39, 0.29) is 10.7 Å². The molecule has 11 nitrogen and oxygen atoms in total. The minimum atomic E-state index is -0.808. The first-order valence-electron chi connectivity index (χ1n) is 10.1. The van der Waals surface area contributed by atoms with Crippen molar-refractivity contribution < 1.29 is 19.0 Å². The van der Waals surface area contributed by atoms with Crippen LogP contribution >= 0.6 is 11.3 Å². The van der Waals surface area contributed by atoms with Crippen LogP contribution in [0.3, 0.4) is 0 Å². The van der Waals surface area contributed by atoms with Crippen molar-refractivity contribution >= 4 is 39.3 Å². The van der Waals surface area contributed by atoms with Crippen LogP contribution < -0.4 is 30.9 Å². The number of amides is 1. The maximum Gasteiger partial charge on any atom is 0.443 e. The van der Waals surface area contributed by atoms with Crippen molar-refractivity contribution in [2.75, 3.05) is 52.0 Å². The number of nitrogens with zero attached hydrogens (tertiary/aromatic N) is 5. The van der Waals surface area contributed by atoms with Gasteiger partial charge in [0.05, 0.1) is 19.9 Å². The number of fused-ring (bicyclic) bond motifs is 3. The molecule has 0 spiro atoms. The molecule has 1 aliphatic rings. The molecule has 3 N–H and O–H groups in total. The van der Waals surface area contributed by atoms with Gasteiger partial charge in [-0.3, -0.25) is 4.57 Å². The number of nitrogens with two attached hydrogens (primary N) is 1. The molecular formula is C20H25N7O4S. The number of benzene rings is 1. The Morgan fingerprint density at radius 3 is 2.97 bits per heavy atom. The molecule has 0 atom stereocenters. The predicted octanol–water partition coefficient (Wildman–Crippen LogP) is 1.94. The number of carbonyl (C=O) groups is 1. The summed E-state index contributed by atoms with van der Waals surface area (Å²) < 4.78 is 18.6. The number of hydrogen-bond acceptors (Lipinski definition) is 10. The Balaban J connectivity index is 1.71. The molecular weight excluding hydrogens is 434 g/mol. The predicted molar refractivity (Wildman–Crippen MR) is 122 cm³/mol. The monoisotopic (exact) mass is 459 g/mol. The third kappa shape index (κ3) is 4.60. The Bertz CT molecular complexity index is 1200. The van der Waals surface area contributed by atoms with E-state index in [1.165, 1.54) is 6.20 Å². The van der Waals surface area contributed by atoms with E-state index >= 15 is 0 Å². The van der Waals surface area contributed by atoms with Gasteiger partial charge in [-0.05, 0) is 32.6 Å². The summed E-state index contributed by atoms with van der Waals surface area (Å²) in [6.07, 6.45) is 1.44. The average Bonchev–Trinajstić information content (AvgIpc) is 3.40. The van der Waals surface area contributed by atoms with Crippen molar-refractivity contribution in [2.45, 2.75) is 13.0 Å². The summed E-state index contributed by atoms with van der Waals surface area (Å²) >= 11 is 1.06. The van der Waals surface area contributed by atoms with E-state index in [9.17, 15) is 4.79 Å². The van der Waals surface area contributed by atoms with Crippen molar-refractivity contribution in [3.8, 4) is 16.6 Å². The average molecular weight is 460 g/mol. The third-order valence-corrected chi connectivity index (χ3v) is 5.50. The largest absolute Gasteiger partial charge is 0.491 e. The van der Waals surface area contributed by atoms with Gasteiger partial charge in [0.25, 0.3) is 0 Å². The number of anilines is 2. The zero-order valence-electron chi connectivity index (χ0n) is 18.1. The molecule has 1 aliphatic heterocycles. The highest BCUT2D eigenvalue weighted by Gasteiger charge is 2.21. The standard InChI is InChI=1S/C20H25N7O4S/c1-26(2)8-4-10-30-13-6-5-12-15(16(13)29-3)24-19(27-9-7-22-17(12)27)25-20(28)31-14-11-23-18(21)32-14/h5-6,11,22H,4,7-10H2,1-3H3,(H2,21,23). The molecule has 0 aliphatic carbocycles. The van der Waals surface area contributed by atoms with E-state index in [1.807, 2.05) is 30.8 Å². The topological polar surface area (TPSA) is 129 Å². The molecule has 0 unspecified atom stereocenters. The van der Waals surface area contributed by atoms with Crippen molar-refractivity contribution in [3.05, 3.63) is 23.9 Å². The number of methoxy groups -OCH3 is 1. The van der Waals surface area contributed by atoms with E-state index < -0.39 is 6.09 Å². The molecule has 0 saturated heterocycles. The van der Waals surface area contributed by atoms with Gasteiger partial charge in [-0.15, -0.1) is 4.99 Å². The molecule has 1 aromatic carbocycles. The number of nitrogen functional groups attached to an aromatic ring is 1. The summed E-state index contributed by atoms with van der Waals surface area (Å²) in [5, 5.41) is 4.75. The summed E-state index contributed by atoms with van der Waals surface area (Å²) in [4.78, 5) is 27.1. The smallest absolute Gasteiger partial charge is 0.443 e. The molecule has 12 heteroatoms. The molecule has 32 heavy (non-hydrogen) atoms. The van der Waals surface area contributed by atoms with Crippen molar-refractivity contribution in [1.29, 1.82) is 0 Å². The maximum atomic E-state index is 12.4. The van der Waals surface area contributed by atoms with Crippen LogP contribution in [0.4, 0.5) is 15.7 Å². The minimum absolute atomic E-state index is 0.211. The fourth-order valence-corrected chi connectivity index (χ4v) is 3.95. The first kappa shape index (κ1) is 21.8. The highest BCUT2D eigenvalue weighted by Crippen LogP contribution is 2.37. The summed E-state index contributed by atoms with van der Waals surface area (Å²) in [7, 11) is 5.60. The maximum absolute atomic E-state index is 12.4. The Hall–Kier alpha value is -3.38. The van der Waals surface area contributed by atoms with Crippen molar-refractivity contribution in [1.82, 2.24) is 19.4 Å². The molecule has 4 rings (SSSR count). The van der Waals surface area contributed by atoms with Gasteiger partial charge in [0, 0.05) is 25.0 Å². The van der Waals surface area contributed by atoms with Gasteiger partial charge >= 0.3 is 6.09 Å². The molecule has 3 heterocycles. The van der Waals surface area contributed by atoms with Crippen LogP contribution in [-0.2, 0) is 6.54 Å². The molecule has 2 aromatic heterocycles. The summed E-state index contributed by atoms with van der Waals surface area (Å²) in [5.74, 6) is 1.88. The second kappa shape index (κ2) is 9.40. The fraction of sp³-hybridized carbons (Fsp3) is 0.400. The number of carbonyl (C=O) groups excluding carboxylic acids is 1. The second-order valence-corrected chi connectivity index (χ2v) is 8.36. The number of ether oxygens (including phenoxy) is 3. The van der Waals surface area contributed by atoms with Gasteiger partial charge in [-0.2, -0.15) is 0 Å². The number of aromatic nitrogens is 3. The molecule has 170 valence electrons. The van der Waals surface area contributed by atoms with Crippen molar-refractivity contribution in [2.24, 2.45) is 4.99 Å². The summed E-state index contributed by atoms with van der Waals surface area (Å²) in [5.41, 5.74) is 6.34. The lowest BCUT2D eigenvalue weighted by molar-refractivity contribution is 0.211. The summed E-state index contributed by atoms with van der Waals surface area (Å²) in [6, 6.07) is 3.80. The van der Waals surface area contributed by atoms with Gasteiger partial charge < -0.3 is 30.2 Å². The second-order valence-electron chi connectivity index (χ2n) is 7.33. The number of rotatable bonds is 7. The number of thiazole rings is 1. The van der Waals surface area contributed by atoms with E-state index in [2.05, 4.69) is 25.2 Å².